The summed E-state index contributed by atoms with van der Waals surface area (Å²) in [4.78, 5) is 70.9. The van der Waals surface area contributed by atoms with Gasteiger partial charge in [-0.2, -0.15) is 0 Å². The highest BCUT2D eigenvalue weighted by atomic mass is 16.7. The van der Waals surface area contributed by atoms with Crippen LogP contribution in [0.25, 0.3) is 0 Å². The van der Waals surface area contributed by atoms with Gasteiger partial charge in [0.25, 0.3) is 0 Å². The van der Waals surface area contributed by atoms with Gasteiger partial charge in [-0.15, -0.1) is 0 Å². The van der Waals surface area contributed by atoms with Gasteiger partial charge in [0, 0.05) is 41.5 Å². The summed E-state index contributed by atoms with van der Waals surface area (Å²) >= 11 is 0. The molecule has 2 unspecified atom stereocenters. The number of ether oxygens (including phenoxy) is 6. The van der Waals surface area contributed by atoms with Crippen LogP contribution in [0.1, 0.15) is 48.5 Å². The second-order valence-corrected chi connectivity index (χ2v) is 7.06. The van der Waals surface area contributed by atoms with Crippen molar-refractivity contribution in [1.29, 1.82) is 0 Å². The highest BCUT2D eigenvalue weighted by molar-refractivity contribution is 5.71. The van der Waals surface area contributed by atoms with Gasteiger partial charge >= 0.3 is 35.8 Å². The Morgan fingerprint density at radius 2 is 0.774 bits per heavy atom. The van der Waals surface area contributed by atoms with Gasteiger partial charge in [0.05, 0.1) is 0 Å². The molecule has 0 N–H and O–H groups in total. The Hall–Kier alpha value is -3.18. The summed E-state index contributed by atoms with van der Waals surface area (Å²) < 4.78 is 31.6. The molecule has 0 amide bonds. The molecule has 1 fully saturated rings. The molecule has 31 heavy (non-hydrogen) atoms. The van der Waals surface area contributed by atoms with E-state index in [2.05, 4.69) is 0 Å². The predicted octanol–water partition coefficient (Wildman–Crippen LogP) is -0.0197. The molecule has 0 aromatic heterocycles. The van der Waals surface area contributed by atoms with Crippen molar-refractivity contribution >= 4 is 35.8 Å². The monoisotopic (exact) mass is 446 g/mol. The van der Waals surface area contributed by atoms with Gasteiger partial charge in [0.15, 0.2) is 36.1 Å². The molecule has 12 nitrogen and oxygen atoms in total. The molecule has 0 spiro atoms. The van der Waals surface area contributed by atoms with Crippen molar-refractivity contribution in [2.24, 2.45) is 0 Å². The smallest absolute Gasteiger partial charge is 0.303 e. The van der Waals surface area contributed by atoms with Crippen molar-refractivity contribution in [3.05, 3.63) is 0 Å². The largest absolute Gasteiger partial charge is 0.454 e. The van der Waals surface area contributed by atoms with Crippen molar-refractivity contribution in [2.45, 2.75) is 84.6 Å². The van der Waals surface area contributed by atoms with Crippen molar-refractivity contribution < 1.29 is 57.2 Å². The van der Waals surface area contributed by atoms with Crippen molar-refractivity contribution in [2.75, 3.05) is 0 Å². The molecule has 1 aliphatic rings. The molecule has 0 aromatic rings. The fourth-order valence-corrected chi connectivity index (χ4v) is 3.46. The number of hydrogen-bond donors (Lipinski definition) is 0. The van der Waals surface area contributed by atoms with Gasteiger partial charge in [-0.25, -0.2) is 0 Å². The van der Waals surface area contributed by atoms with Crippen molar-refractivity contribution in [1.82, 2.24) is 0 Å². The van der Waals surface area contributed by atoms with Gasteiger partial charge in [-0.05, 0) is 6.92 Å². The fraction of sp³-hybridized carbons (Fsp3) is 0.684. The molecule has 12 heteroatoms. The van der Waals surface area contributed by atoms with E-state index in [1.807, 2.05) is 0 Å². The molecule has 1 saturated carbocycles. The molecule has 0 radical (unpaired) electrons. The van der Waals surface area contributed by atoms with Crippen LogP contribution in [0.3, 0.4) is 0 Å². The highest BCUT2D eigenvalue weighted by Gasteiger charge is 2.67. The van der Waals surface area contributed by atoms with Crippen molar-refractivity contribution in [3.63, 3.8) is 0 Å². The molecule has 0 aliphatic heterocycles. The Morgan fingerprint density at radius 3 is 1.03 bits per heavy atom. The summed E-state index contributed by atoms with van der Waals surface area (Å²) in [5.41, 5.74) is -2.00. The molecule has 1 aliphatic carbocycles. The lowest BCUT2D eigenvalue weighted by Gasteiger charge is -2.52. The predicted molar refractivity (Wildman–Crippen MR) is 97.9 cm³/mol. The number of carbonyl (C=O) groups excluding carboxylic acids is 6. The lowest BCUT2D eigenvalue weighted by molar-refractivity contribution is -0.285. The van der Waals surface area contributed by atoms with E-state index in [0.29, 0.717) is 0 Å². The summed E-state index contributed by atoms with van der Waals surface area (Å²) in [5.74, 6) is -5.19. The quantitative estimate of drug-likeness (QED) is 0.397. The fourth-order valence-electron chi connectivity index (χ4n) is 3.46. The average molecular weight is 446 g/mol. The van der Waals surface area contributed by atoms with Crippen LogP contribution in [-0.2, 0) is 57.2 Å². The Labute approximate surface area is 178 Å². The molecule has 1 rings (SSSR count). The Balaban J connectivity index is 3.82. The zero-order chi connectivity index (χ0) is 24.1. The number of rotatable bonds is 6. The molecule has 6 atom stereocenters. The Morgan fingerprint density at radius 1 is 0.484 bits per heavy atom. The van der Waals surface area contributed by atoms with Crippen LogP contribution >= 0.6 is 0 Å². The van der Waals surface area contributed by atoms with E-state index in [-0.39, 0.29) is 0 Å². The maximum absolute atomic E-state index is 11.9. The highest BCUT2D eigenvalue weighted by Crippen LogP contribution is 2.41. The maximum Gasteiger partial charge on any atom is 0.303 e. The zero-order valence-corrected chi connectivity index (χ0v) is 18.3. The normalized spacial score (nSPS) is 29.7. The van der Waals surface area contributed by atoms with E-state index in [1.165, 1.54) is 6.92 Å². The summed E-state index contributed by atoms with van der Waals surface area (Å²) in [7, 11) is 0. The van der Waals surface area contributed by atoms with Crippen LogP contribution in [0.2, 0.25) is 0 Å². The molecular formula is C19H26O12. The zero-order valence-electron chi connectivity index (χ0n) is 18.3. The third kappa shape index (κ3) is 6.66. The second kappa shape index (κ2) is 10.2. The first kappa shape index (κ1) is 25.9. The summed E-state index contributed by atoms with van der Waals surface area (Å²) in [6.45, 7) is 7.48. The molecule has 0 bridgehead atoms. The average Bonchev–Trinajstić information content (AvgIpc) is 2.56. The number of hydrogen-bond acceptors (Lipinski definition) is 12. The topological polar surface area (TPSA) is 158 Å². The molecule has 174 valence electrons. The van der Waals surface area contributed by atoms with Crippen LogP contribution in [0.5, 0.6) is 0 Å². The van der Waals surface area contributed by atoms with E-state index in [9.17, 15) is 28.8 Å². The summed E-state index contributed by atoms with van der Waals surface area (Å²) in [6, 6.07) is 0. The van der Waals surface area contributed by atoms with Crippen molar-refractivity contribution in [3.8, 4) is 0 Å². The minimum atomic E-state index is -2.00. The van der Waals surface area contributed by atoms with Gasteiger partial charge in [-0.3, -0.25) is 28.8 Å². The molecular weight excluding hydrogens is 420 g/mol. The van der Waals surface area contributed by atoms with Gasteiger partial charge in [-0.1, -0.05) is 0 Å². The SMILES string of the molecule is CC(=O)OC1[C@@H](OC(C)=O)[C@H](OC(C)=O)C(C)(OC(C)=O)[C@H](OC(C)=O)[C@H]1OC(C)=O. The van der Waals surface area contributed by atoms with Crippen LogP contribution in [0, 0.1) is 0 Å². The standard InChI is InChI=1S/C19H26O12/c1-8(20)26-14-15(27-9(2)21)17(29-11(4)23)19(7,31-13(6)25)18(30-12(5)24)16(14)28-10(3)22/h14-18H,1-7H3/t14?,15-,16+,17+,18-,19?. The van der Waals surface area contributed by atoms with Crippen LogP contribution in [-0.4, -0.2) is 71.9 Å². The van der Waals surface area contributed by atoms with Gasteiger partial charge in [0.2, 0.25) is 0 Å². The third-order valence-electron chi connectivity index (χ3n) is 4.23. The van der Waals surface area contributed by atoms with E-state index in [1.54, 1.807) is 0 Å². The van der Waals surface area contributed by atoms with E-state index in [0.717, 1.165) is 41.5 Å². The van der Waals surface area contributed by atoms with Gasteiger partial charge in [0.1, 0.15) is 0 Å². The second-order valence-electron chi connectivity index (χ2n) is 7.06. The summed E-state index contributed by atoms with van der Waals surface area (Å²) in [5, 5.41) is 0. The van der Waals surface area contributed by atoms with E-state index in [4.69, 9.17) is 28.4 Å². The first-order valence-corrected chi connectivity index (χ1v) is 9.24. The molecule has 0 saturated heterocycles. The molecule has 0 aromatic carbocycles. The number of esters is 6. The maximum atomic E-state index is 11.9. The van der Waals surface area contributed by atoms with Crippen LogP contribution in [0.4, 0.5) is 0 Å². The molecule has 0 heterocycles. The van der Waals surface area contributed by atoms with Crippen LogP contribution in [0.15, 0.2) is 0 Å². The minimum absolute atomic E-state index is 0.862. The lowest BCUT2D eigenvalue weighted by atomic mass is 9.74. The first-order chi connectivity index (χ1) is 14.2. The summed E-state index contributed by atoms with van der Waals surface area (Å²) in [6.07, 6.45) is -7.92. The Kier molecular flexibility index (Phi) is 8.53. The minimum Gasteiger partial charge on any atom is -0.454 e. The van der Waals surface area contributed by atoms with E-state index < -0.39 is 71.9 Å². The third-order valence-corrected chi connectivity index (χ3v) is 4.23. The van der Waals surface area contributed by atoms with E-state index >= 15 is 0 Å². The lowest BCUT2D eigenvalue weighted by Crippen LogP contribution is -2.74. The van der Waals surface area contributed by atoms with Crippen LogP contribution < -0.4 is 0 Å². The number of carbonyl (C=O) groups is 6. The first-order valence-electron chi connectivity index (χ1n) is 9.24. The Bertz CT molecular complexity index is 713. The van der Waals surface area contributed by atoms with Gasteiger partial charge < -0.3 is 28.4 Å².